The number of aryl methyl sites for hydroxylation is 2. The second-order valence-corrected chi connectivity index (χ2v) is 7.61. The minimum absolute atomic E-state index is 0.200. The van der Waals surface area contributed by atoms with Gasteiger partial charge in [0.1, 0.15) is 5.01 Å². The highest BCUT2D eigenvalue weighted by Crippen LogP contribution is 2.33. The van der Waals surface area contributed by atoms with Crippen molar-refractivity contribution in [3.8, 4) is 0 Å². The third kappa shape index (κ3) is 2.04. The monoisotopic (exact) mass is 358 g/mol. The van der Waals surface area contributed by atoms with Gasteiger partial charge in [-0.1, -0.05) is 24.3 Å². The van der Waals surface area contributed by atoms with Gasteiger partial charge >= 0.3 is 0 Å². The first-order chi connectivity index (χ1) is 12.5. The van der Waals surface area contributed by atoms with E-state index in [9.17, 15) is 9.59 Å². The average molecular weight is 358 g/mol. The van der Waals surface area contributed by atoms with Crippen LogP contribution in [0.15, 0.2) is 48.0 Å². The minimum atomic E-state index is -0.216. The van der Waals surface area contributed by atoms with Crippen molar-refractivity contribution in [2.24, 2.45) is 7.05 Å². The lowest BCUT2D eigenvalue weighted by Gasteiger charge is -2.00. The van der Waals surface area contributed by atoms with E-state index in [1.54, 1.807) is 6.08 Å². The molecule has 0 aliphatic heterocycles. The summed E-state index contributed by atoms with van der Waals surface area (Å²) in [5.74, 6) is -0.433. The number of allylic oxidation sites excluding steroid dienone is 1. The zero-order valence-corrected chi connectivity index (χ0v) is 15.1. The van der Waals surface area contributed by atoms with Gasteiger partial charge in [0.25, 0.3) is 0 Å². The Morgan fingerprint density at radius 2 is 1.62 bits per heavy atom. The summed E-state index contributed by atoms with van der Waals surface area (Å²) in [6.07, 6.45) is 1.63. The van der Waals surface area contributed by atoms with Crippen LogP contribution in [-0.4, -0.2) is 21.1 Å². The van der Waals surface area contributed by atoms with Gasteiger partial charge in [-0.05, 0) is 42.0 Å². The molecule has 5 rings (SSSR count). The first kappa shape index (κ1) is 15.2. The zero-order valence-electron chi connectivity index (χ0n) is 14.2. The normalized spacial score (nSPS) is 13.8. The van der Waals surface area contributed by atoms with Gasteiger partial charge in [0.15, 0.2) is 17.2 Å². The highest BCUT2D eigenvalue weighted by atomic mass is 32.1. The Balaban J connectivity index is 1.64. The molecule has 0 spiro atoms. The fourth-order valence-corrected chi connectivity index (χ4v) is 4.49. The maximum Gasteiger partial charge on any atom is 0.197 e. The van der Waals surface area contributed by atoms with E-state index in [0.717, 1.165) is 26.8 Å². The molecule has 4 aromatic rings. The number of fused-ring (bicyclic) bond motifs is 3. The van der Waals surface area contributed by atoms with Crippen molar-refractivity contribution in [2.45, 2.75) is 6.92 Å². The number of thiazole rings is 1. The van der Waals surface area contributed by atoms with Crippen LogP contribution >= 0.6 is 11.3 Å². The van der Waals surface area contributed by atoms with Crippen LogP contribution in [0.25, 0.3) is 27.2 Å². The molecule has 0 atom stereocenters. The lowest BCUT2D eigenvalue weighted by atomic mass is 10.0. The summed E-state index contributed by atoms with van der Waals surface area (Å²) in [7, 11) is 1.96. The number of carbonyl (C=O) groups is 2. The molecule has 0 N–H and O–H groups in total. The van der Waals surface area contributed by atoms with E-state index in [-0.39, 0.29) is 17.1 Å². The topological polar surface area (TPSA) is 52.0 Å². The van der Waals surface area contributed by atoms with Crippen molar-refractivity contribution in [1.29, 1.82) is 0 Å². The summed E-state index contributed by atoms with van der Waals surface area (Å²) in [4.78, 5) is 30.2. The number of hydrogen-bond donors (Lipinski definition) is 0. The lowest BCUT2D eigenvalue weighted by molar-refractivity contribution is 0.0990. The molecule has 0 saturated heterocycles. The molecule has 2 heterocycles. The molecule has 2 aromatic heterocycles. The van der Waals surface area contributed by atoms with E-state index >= 15 is 0 Å². The van der Waals surface area contributed by atoms with Crippen LogP contribution in [0.4, 0.5) is 0 Å². The fourth-order valence-electron chi connectivity index (χ4n) is 3.45. The van der Waals surface area contributed by atoms with Gasteiger partial charge < -0.3 is 4.57 Å². The number of aromatic nitrogens is 2. The van der Waals surface area contributed by atoms with Gasteiger partial charge in [-0.3, -0.25) is 9.59 Å². The SMILES string of the molecule is Cc1cc2sc(C=C3C(=O)c4cc5ccccc5cc4C3=O)nc2n1C. The number of Topliss-reactive ketones (excluding diaryl/α,β-unsaturated/α-hetero) is 2. The number of hydrogen-bond acceptors (Lipinski definition) is 4. The van der Waals surface area contributed by atoms with Crippen LogP contribution < -0.4 is 0 Å². The predicted octanol–water partition coefficient (Wildman–Crippen LogP) is 4.56. The van der Waals surface area contributed by atoms with E-state index in [2.05, 4.69) is 11.1 Å². The third-order valence-electron chi connectivity index (χ3n) is 4.97. The Labute approximate surface area is 153 Å². The standard InChI is InChI=1S/C21H14N2O2S/c1-11-7-17-21(23(11)2)22-18(26-17)10-16-19(24)14-8-12-5-3-4-6-13(12)9-15(14)20(16)25/h3-10H,1-2H3. The van der Waals surface area contributed by atoms with Crippen LogP contribution in [0.1, 0.15) is 31.4 Å². The predicted molar refractivity (Wildman–Crippen MR) is 104 cm³/mol. The molecular formula is C21H14N2O2S. The maximum absolute atomic E-state index is 12.8. The third-order valence-corrected chi connectivity index (χ3v) is 5.91. The molecule has 4 nitrogen and oxygen atoms in total. The van der Waals surface area contributed by atoms with Gasteiger partial charge in [-0.15, -0.1) is 11.3 Å². The Bertz CT molecular complexity index is 1230. The smallest absolute Gasteiger partial charge is 0.197 e. The molecule has 0 amide bonds. The lowest BCUT2D eigenvalue weighted by Crippen LogP contribution is -2.00. The van der Waals surface area contributed by atoms with Gasteiger partial charge in [-0.25, -0.2) is 4.98 Å². The van der Waals surface area contributed by atoms with Crippen molar-refractivity contribution >= 4 is 50.1 Å². The molecule has 2 aromatic carbocycles. The quantitative estimate of drug-likeness (QED) is 0.370. The highest BCUT2D eigenvalue weighted by molar-refractivity contribution is 7.19. The second-order valence-electron chi connectivity index (χ2n) is 6.55. The molecule has 0 bridgehead atoms. The molecule has 1 aliphatic carbocycles. The Morgan fingerprint density at radius 1 is 1.00 bits per heavy atom. The number of ketones is 2. The van der Waals surface area contributed by atoms with Crippen LogP contribution in [-0.2, 0) is 7.05 Å². The van der Waals surface area contributed by atoms with Crippen molar-refractivity contribution < 1.29 is 9.59 Å². The molecule has 26 heavy (non-hydrogen) atoms. The summed E-state index contributed by atoms with van der Waals surface area (Å²) in [6, 6.07) is 13.4. The molecule has 126 valence electrons. The number of carbonyl (C=O) groups excluding carboxylic acids is 2. The summed E-state index contributed by atoms with van der Waals surface area (Å²) in [5.41, 5.74) is 3.17. The average Bonchev–Trinajstić information content (AvgIpc) is 3.22. The summed E-state index contributed by atoms with van der Waals surface area (Å²) < 4.78 is 3.06. The fraction of sp³-hybridized carbons (Fsp3) is 0.0952. The van der Waals surface area contributed by atoms with E-state index in [1.807, 2.05) is 54.9 Å². The van der Waals surface area contributed by atoms with Gasteiger partial charge in [0.2, 0.25) is 0 Å². The van der Waals surface area contributed by atoms with Gasteiger partial charge in [0, 0.05) is 23.9 Å². The molecule has 0 radical (unpaired) electrons. The van der Waals surface area contributed by atoms with E-state index in [0.29, 0.717) is 16.1 Å². The summed E-state index contributed by atoms with van der Waals surface area (Å²) >= 11 is 1.49. The largest absolute Gasteiger partial charge is 0.332 e. The highest BCUT2D eigenvalue weighted by Gasteiger charge is 2.33. The zero-order chi connectivity index (χ0) is 18.0. The Morgan fingerprint density at radius 3 is 2.19 bits per heavy atom. The minimum Gasteiger partial charge on any atom is -0.332 e. The van der Waals surface area contributed by atoms with Crippen molar-refractivity contribution in [3.05, 3.63) is 69.9 Å². The van der Waals surface area contributed by atoms with Crippen LogP contribution in [0.3, 0.4) is 0 Å². The van der Waals surface area contributed by atoms with E-state index in [1.165, 1.54) is 11.3 Å². The number of rotatable bonds is 1. The summed E-state index contributed by atoms with van der Waals surface area (Å²) in [5, 5.41) is 2.60. The summed E-state index contributed by atoms with van der Waals surface area (Å²) in [6.45, 7) is 2.03. The molecular weight excluding hydrogens is 344 g/mol. The van der Waals surface area contributed by atoms with Crippen molar-refractivity contribution in [3.63, 3.8) is 0 Å². The Hall–Kier alpha value is -3.05. The number of benzene rings is 2. The number of nitrogens with zero attached hydrogens (tertiary/aromatic N) is 2. The molecule has 0 unspecified atom stereocenters. The van der Waals surface area contributed by atoms with Crippen LogP contribution in [0.5, 0.6) is 0 Å². The molecule has 0 fully saturated rings. The van der Waals surface area contributed by atoms with E-state index in [4.69, 9.17) is 0 Å². The molecule has 1 aliphatic rings. The first-order valence-electron chi connectivity index (χ1n) is 8.29. The Kier molecular flexibility index (Phi) is 3.06. The first-order valence-corrected chi connectivity index (χ1v) is 9.11. The second kappa shape index (κ2) is 5.22. The maximum atomic E-state index is 12.8. The van der Waals surface area contributed by atoms with Crippen LogP contribution in [0.2, 0.25) is 0 Å². The van der Waals surface area contributed by atoms with Crippen molar-refractivity contribution in [2.75, 3.05) is 0 Å². The van der Waals surface area contributed by atoms with Crippen LogP contribution in [0, 0.1) is 6.92 Å². The van der Waals surface area contributed by atoms with Crippen molar-refractivity contribution in [1.82, 2.24) is 9.55 Å². The van der Waals surface area contributed by atoms with Gasteiger partial charge in [-0.2, -0.15) is 0 Å². The van der Waals surface area contributed by atoms with Gasteiger partial charge in [0.05, 0.1) is 10.3 Å². The van der Waals surface area contributed by atoms with E-state index < -0.39 is 0 Å². The molecule has 0 saturated carbocycles. The molecule has 5 heteroatoms.